The number of aryl methyl sites for hydroxylation is 1. The minimum absolute atomic E-state index is 0.711. The Hall–Kier alpha value is -1.39. The van der Waals surface area contributed by atoms with Crippen LogP contribution in [0, 0.1) is 12.8 Å². The first kappa shape index (κ1) is 12.4. The Morgan fingerprint density at radius 3 is 3.20 bits per heavy atom. The minimum atomic E-state index is 0.711. The second-order valence-corrected chi connectivity index (χ2v) is 6.31. The van der Waals surface area contributed by atoms with Crippen LogP contribution in [-0.2, 0) is 6.54 Å². The standard InChI is InChI=1S/C16H22N4/c1-12-4-3-7-20-10-14(18-16(12)20)9-19-8-13-5-2-6-17-15(13)11-19/h3-4,7,10,13,15,17H,2,5-6,8-9,11H2,1H3. The van der Waals surface area contributed by atoms with Crippen LogP contribution in [0.2, 0.25) is 0 Å². The molecule has 0 amide bonds. The molecular formula is C16H22N4. The van der Waals surface area contributed by atoms with Crippen LogP contribution in [0.5, 0.6) is 0 Å². The number of aromatic nitrogens is 2. The Bertz CT molecular complexity index is 604. The summed E-state index contributed by atoms with van der Waals surface area (Å²) in [6, 6.07) is 4.92. The molecular weight excluding hydrogens is 248 g/mol. The smallest absolute Gasteiger partial charge is 0.139 e. The van der Waals surface area contributed by atoms with Crippen LogP contribution in [-0.4, -0.2) is 40.0 Å². The highest BCUT2D eigenvalue weighted by atomic mass is 15.2. The third-order valence-corrected chi connectivity index (χ3v) is 4.79. The molecule has 4 heteroatoms. The maximum Gasteiger partial charge on any atom is 0.139 e. The Morgan fingerprint density at radius 2 is 2.35 bits per heavy atom. The largest absolute Gasteiger partial charge is 0.312 e. The Balaban J connectivity index is 1.52. The number of pyridine rings is 1. The number of piperidine rings is 1. The van der Waals surface area contributed by atoms with E-state index in [-0.39, 0.29) is 0 Å². The fourth-order valence-corrected chi connectivity index (χ4v) is 3.77. The maximum absolute atomic E-state index is 4.79. The van der Waals surface area contributed by atoms with E-state index < -0.39 is 0 Å². The summed E-state index contributed by atoms with van der Waals surface area (Å²) >= 11 is 0. The average Bonchev–Trinajstić information content (AvgIpc) is 3.02. The highest BCUT2D eigenvalue weighted by molar-refractivity contribution is 5.47. The van der Waals surface area contributed by atoms with Crippen molar-refractivity contribution in [1.82, 2.24) is 19.6 Å². The second-order valence-electron chi connectivity index (χ2n) is 6.31. The molecule has 4 heterocycles. The zero-order chi connectivity index (χ0) is 13.5. The quantitative estimate of drug-likeness (QED) is 0.903. The average molecular weight is 270 g/mol. The molecule has 2 saturated heterocycles. The van der Waals surface area contributed by atoms with Gasteiger partial charge in [0.15, 0.2) is 0 Å². The molecule has 2 aliphatic heterocycles. The van der Waals surface area contributed by atoms with Gasteiger partial charge in [-0.2, -0.15) is 0 Å². The second kappa shape index (κ2) is 4.86. The highest BCUT2D eigenvalue weighted by Crippen LogP contribution is 2.26. The molecule has 0 aromatic carbocycles. The molecule has 2 fully saturated rings. The van der Waals surface area contributed by atoms with E-state index in [0.717, 1.165) is 18.1 Å². The van der Waals surface area contributed by atoms with Crippen molar-refractivity contribution >= 4 is 5.65 Å². The van der Waals surface area contributed by atoms with Crippen LogP contribution in [0.15, 0.2) is 24.5 Å². The van der Waals surface area contributed by atoms with Crippen LogP contribution in [0.1, 0.15) is 24.1 Å². The first-order valence-electron chi connectivity index (χ1n) is 7.68. The summed E-state index contributed by atoms with van der Waals surface area (Å²) in [7, 11) is 0. The Morgan fingerprint density at radius 1 is 1.40 bits per heavy atom. The summed E-state index contributed by atoms with van der Waals surface area (Å²) in [6.07, 6.45) is 6.99. The molecule has 2 atom stereocenters. The van der Waals surface area contributed by atoms with Crippen molar-refractivity contribution in [3.8, 4) is 0 Å². The summed E-state index contributed by atoms with van der Waals surface area (Å²) in [6.45, 7) is 6.71. The molecule has 4 nitrogen and oxygen atoms in total. The summed E-state index contributed by atoms with van der Waals surface area (Å²) < 4.78 is 2.14. The molecule has 4 rings (SSSR count). The van der Waals surface area contributed by atoms with E-state index >= 15 is 0 Å². The fraction of sp³-hybridized carbons (Fsp3) is 0.562. The normalized spacial score (nSPS) is 27.1. The van der Waals surface area contributed by atoms with Gasteiger partial charge in [-0.05, 0) is 43.9 Å². The number of fused-ring (bicyclic) bond motifs is 2. The predicted molar refractivity (Wildman–Crippen MR) is 79.7 cm³/mol. The monoisotopic (exact) mass is 270 g/mol. The van der Waals surface area contributed by atoms with Crippen LogP contribution in [0.3, 0.4) is 0 Å². The number of rotatable bonds is 2. The number of hydrogen-bond acceptors (Lipinski definition) is 3. The van der Waals surface area contributed by atoms with Gasteiger partial charge in [0.25, 0.3) is 0 Å². The van der Waals surface area contributed by atoms with Crippen LogP contribution in [0.25, 0.3) is 5.65 Å². The fourth-order valence-electron chi connectivity index (χ4n) is 3.77. The van der Waals surface area contributed by atoms with Crippen molar-refractivity contribution < 1.29 is 0 Å². The van der Waals surface area contributed by atoms with Gasteiger partial charge < -0.3 is 9.72 Å². The third-order valence-electron chi connectivity index (χ3n) is 4.79. The molecule has 2 unspecified atom stereocenters. The van der Waals surface area contributed by atoms with E-state index in [0.29, 0.717) is 6.04 Å². The van der Waals surface area contributed by atoms with Crippen LogP contribution >= 0.6 is 0 Å². The zero-order valence-corrected chi connectivity index (χ0v) is 12.0. The number of hydrogen-bond donors (Lipinski definition) is 1. The lowest BCUT2D eigenvalue weighted by Gasteiger charge is -2.24. The van der Waals surface area contributed by atoms with E-state index in [1.54, 1.807) is 0 Å². The predicted octanol–water partition coefficient (Wildman–Crippen LogP) is 1.83. The number of nitrogens with zero attached hydrogens (tertiary/aromatic N) is 3. The summed E-state index contributed by atoms with van der Waals surface area (Å²) in [5.41, 5.74) is 3.53. The van der Waals surface area contributed by atoms with Gasteiger partial charge in [0, 0.05) is 38.1 Å². The minimum Gasteiger partial charge on any atom is -0.312 e. The van der Waals surface area contributed by atoms with Crippen LogP contribution in [0.4, 0.5) is 0 Å². The third kappa shape index (κ3) is 2.13. The van der Waals surface area contributed by atoms with Gasteiger partial charge in [0.1, 0.15) is 5.65 Å². The molecule has 20 heavy (non-hydrogen) atoms. The van der Waals surface area contributed by atoms with Crippen molar-refractivity contribution in [2.24, 2.45) is 5.92 Å². The molecule has 0 aliphatic carbocycles. The van der Waals surface area contributed by atoms with E-state index in [9.17, 15) is 0 Å². The molecule has 2 aliphatic rings. The zero-order valence-electron chi connectivity index (χ0n) is 12.0. The molecule has 0 spiro atoms. The van der Waals surface area contributed by atoms with Crippen molar-refractivity contribution in [2.75, 3.05) is 19.6 Å². The van der Waals surface area contributed by atoms with Gasteiger partial charge in [-0.1, -0.05) is 6.07 Å². The molecule has 0 saturated carbocycles. The Kier molecular flexibility index (Phi) is 3.00. The molecule has 2 aromatic rings. The van der Waals surface area contributed by atoms with Crippen molar-refractivity contribution in [2.45, 2.75) is 32.4 Å². The lowest BCUT2D eigenvalue weighted by Crippen LogP contribution is -2.40. The van der Waals surface area contributed by atoms with Gasteiger partial charge in [-0.15, -0.1) is 0 Å². The first-order valence-corrected chi connectivity index (χ1v) is 7.68. The number of nitrogens with one attached hydrogen (secondary N) is 1. The van der Waals surface area contributed by atoms with Crippen molar-refractivity contribution in [1.29, 1.82) is 0 Å². The maximum atomic E-state index is 4.79. The molecule has 0 bridgehead atoms. The molecule has 0 radical (unpaired) electrons. The van der Waals surface area contributed by atoms with E-state index in [2.05, 4.69) is 46.1 Å². The lowest BCUT2D eigenvalue weighted by atomic mass is 9.94. The van der Waals surface area contributed by atoms with E-state index in [1.807, 2.05) is 0 Å². The summed E-state index contributed by atoms with van der Waals surface area (Å²) in [4.78, 5) is 7.35. The highest BCUT2D eigenvalue weighted by Gasteiger charge is 2.34. The van der Waals surface area contributed by atoms with E-state index in [1.165, 1.54) is 43.7 Å². The lowest BCUT2D eigenvalue weighted by molar-refractivity contribution is 0.310. The molecule has 2 aromatic heterocycles. The molecule has 106 valence electrons. The number of likely N-dealkylation sites (tertiary alicyclic amines) is 1. The van der Waals surface area contributed by atoms with E-state index in [4.69, 9.17) is 4.98 Å². The number of imidazole rings is 1. The SMILES string of the molecule is Cc1cccn2cc(CN3CC4CCCNC4C3)nc12. The van der Waals surface area contributed by atoms with Gasteiger partial charge in [-0.25, -0.2) is 4.98 Å². The molecule has 1 N–H and O–H groups in total. The topological polar surface area (TPSA) is 32.6 Å². The van der Waals surface area contributed by atoms with Gasteiger partial charge in [-0.3, -0.25) is 4.90 Å². The first-order chi connectivity index (χ1) is 9.79. The summed E-state index contributed by atoms with van der Waals surface area (Å²) in [5, 5.41) is 3.67. The van der Waals surface area contributed by atoms with Crippen molar-refractivity contribution in [3.63, 3.8) is 0 Å². The van der Waals surface area contributed by atoms with Crippen molar-refractivity contribution in [3.05, 3.63) is 35.8 Å². The summed E-state index contributed by atoms with van der Waals surface area (Å²) in [5.74, 6) is 0.850. The van der Waals surface area contributed by atoms with Crippen LogP contribution < -0.4 is 5.32 Å². The Labute approximate surface area is 119 Å². The van der Waals surface area contributed by atoms with Gasteiger partial charge in [0.2, 0.25) is 0 Å². The van der Waals surface area contributed by atoms with Gasteiger partial charge >= 0.3 is 0 Å². The van der Waals surface area contributed by atoms with Gasteiger partial charge in [0.05, 0.1) is 5.69 Å².